The molecule has 0 aromatic heterocycles. The fraction of sp³-hybridized carbons (Fsp3) is 0.450. The molecule has 0 radical (unpaired) electrons. The average Bonchev–Trinajstić information content (AvgIpc) is 3.31. The van der Waals surface area contributed by atoms with E-state index in [2.05, 4.69) is 11.7 Å². The van der Waals surface area contributed by atoms with Crippen LogP contribution in [0, 0.1) is 0 Å². The van der Waals surface area contributed by atoms with Gasteiger partial charge in [0.25, 0.3) is 0 Å². The molecule has 1 aromatic carbocycles. The van der Waals surface area contributed by atoms with E-state index in [1.165, 1.54) is 9.91 Å². The first-order valence-corrected chi connectivity index (χ1v) is 11.3. The van der Waals surface area contributed by atoms with Crippen LogP contribution in [0.1, 0.15) is 31.2 Å². The van der Waals surface area contributed by atoms with Gasteiger partial charge in [-0.3, -0.25) is 9.59 Å². The van der Waals surface area contributed by atoms with Crippen molar-refractivity contribution in [2.24, 2.45) is 5.10 Å². The Bertz CT molecular complexity index is 880. The Morgan fingerprint density at radius 1 is 1.25 bits per heavy atom. The minimum absolute atomic E-state index is 0.0165. The van der Waals surface area contributed by atoms with Gasteiger partial charge >= 0.3 is 0 Å². The standard InChI is InChI=1S/C20H25N3O4S/c1-2-12-22(17-11-14-28(26,27)15-17)19(24)8-9-20(25)23-13-10-18(21-23)16-6-4-3-5-7-16/h2-7,17H,1,8-15H2. The Kier molecular flexibility index (Phi) is 6.28. The van der Waals surface area contributed by atoms with Gasteiger partial charge in [-0.15, -0.1) is 6.58 Å². The first kappa shape index (κ1) is 20.3. The minimum Gasteiger partial charge on any atom is -0.335 e. The summed E-state index contributed by atoms with van der Waals surface area (Å²) >= 11 is 0. The van der Waals surface area contributed by atoms with Crippen LogP contribution in [0.25, 0.3) is 0 Å². The molecule has 2 aliphatic heterocycles. The highest BCUT2D eigenvalue weighted by Crippen LogP contribution is 2.20. The summed E-state index contributed by atoms with van der Waals surface area (Å²) in [4.78, 5) is 26.6. The van der Waals surface area contributed by atoms with E-state index < -0.39 is 9.84 Å². The molecule has 2 heterocycles. The Labute approximate surface area is 165 Å². The zero-order valence-corrected chi connectivity index (χ0v) is 16.6. The summed E-state index contributed by atoms with van der Waals surface area (Å²) in [5.41, 5.74) is 1.86. The summed E-state index contributed by atoms with van der Waals surface area (Å²) in [5, 5.41) is 5.82. The van der Waals surface area contributed by atoms with Crippen LogP contribution >= 0.6 is 0 Å². The molecule has 150 valence electrons. The van der Waals surface area contributed by atoms with Crippen molar-refractivity contribution in [1.29, 1.82) is 0 Å². The van der Waals surface area contributed by atoms with Crippen LogP contribution in [0.3, 0.4) is 0 Å². The molecule has 1 saturated heterocycles. The molecule has 0 bridgehead atoms. The Morgan fingerprint density at radius 3 is 2.64 bits per heavy atom. The molecule has 7 nitrogen and oxygen atoms in total. The van der Waals surface area contributed by atoms with Crippen LogP contribution in [0.4, 0.5) is 0 Å². The van der Waals surface area contributed by atoms with Crippen molar-refractivity contribution in [3.8, 4) is 0 Å². The van der Waals surface area contributed by atoms with E-state index in [1.54, 1.807) is 6.08 Å². The maximum absolute atomic E-state index is 12.6. The van der Waals surface area contributed by atoms with Crippen LogP contribution in [0.5, 0.6) is 0 Å². The molecule has 0 saturated carbocycles. The number of rotatable bonds is 7. The number of benzene rings is 1. The molecule has 3 rings (SSSR count). The lowest BCUT2D eigenvalue weighted by Gasteiger charge is -2.27. The van der Waals surface area contributed by atoms with Crippen molar-refractivity contribution in [2.45, 2.75) is 31.7 Å². The second kappa shape index (κ2) is 8.68. The summed E-state index contributed by atoms with van der Waals surface area (Å²) in [5.74, 6) is -0.335. The fourth-order valence-corrected chi connectivity index (χ4v) is 5.30. The predicted molar refractivity (Wildman–Crippen MR) is 108 cm³/mol. The van der Waals surface area contributed by atoms with E-state index in [1.807, 2.05) is 30.3 Å². The zero-order valence-electron chi connectivity index (χ0n) is 15.8. The van der Waals surface area contributed by atoms with Crippen LogP contribution in [-0.2, 0) is 19.4 Å². The van der Waals surface area contributed by atoms with Gasteiger partial charge in [-0.1, -0.05) is 36.4 Å². The summed E-state index contributed by atoms with van der Waals surface area (Å²) < 4.78 is 23.4. The summed E-state index contributed by atoms with van der Waals surface area (Å²) in [6.45, 7) is 4.44. The number of amides is 2. The Balaban J connectivity index is 1.56. The van der Waals surface area contributed by atoms with Gasteiger partial charge in [-0.25, -0.2) is 13.4 Å². The van der Waals surface area contributed by atoms with Crippen LogP contribution in [0.2, 0.25) is 0 Å². The van der Waals surface area contributed by atoms with Gasteiger partial charge in [0.05, 0.1) is 23.8 Å². The van der Waals surface area contributed by atoms with E-state index in [0.717, 1.165) is 11.3 Å². The normalized spacial score (nSPS) is 20.6. The molecule has 0 N–H and O–H groups in total. The van der Waals surface area contributed by atoms with Crippen molar-refractivity contribution in [3.63, 3.8) is 0 Å². The average molecular weight is 404 g/mol. The number of hydrogen-bond donors (Lipinski definition) is 0. The maximum Gasteiger partial charge on any atom is 0.243 e. The molecule has 0 spiro atoms. The smallest absolute Gasteiger partial charge is 0.243 e. The monoisotopic (exact) mass is 403 g/mol. The highest BCUT2D eigenvalue weighted by Gasteiger charge is 2.34. The molecular weight excluding hydrogens is 378 g/mol. The number of hydrazone groups is 1. The molecule has 1 aromatic rings. The van der Waals surface area contributed by atoms with E-state index in [-0.39, 0.29) is 48.7 Å². The molecule has 2 aliphatic rings. The van der Waals surface area contributed by atoms with Gasteiger partial charge in [0.1, 0.15) is 0 Å². The third-order valence-electron chi connectivity index (χ3n) is 5.04. The van der Waals surface area contributed by atoms with E-state index >= 15 is 0 Å². The third-order valence-corrected chi connectivity index (χ3v) is 6.80. The lowest BCUT2D eigenvalue weighted by Crippen LogP contribution is -2.41. The molecule has 1 atom stereocenters. The first-order valence-electron chi connectivity index (χ1n) is 9.43. The molecule has 28 heavy (non-hydrogen) atoms. The second-order valence-corrected chi connectivity index (χ2v) is 9.30. The third kappa shape index (κ3) is 4.86. The van der Waals surface area contributed by atoms with E-state index in [4.69, 9.17) is 0 Å². The molecule has 1 unspecified atom stereocenters. The molecule has 2 amide bonds. The SMILES string of the molecule is C=CCN(C(=O)CCC(=O)N1CCC(c2ccccc2)=N1)C1CCS(=O)(=O)C1. The summed E-state index contributed by atoms with van der Waals surface area (Å²) in [6.07, 6.45) is 2.80. The van der Waals surface area contributed by atoms with Crippen molar-refractivity contribution >= 4 is 27.4 Å². The van der Waals surface area contributed by atoms with Gasteiger partial charge in [-0.2, -0.15) is 5.10 Å². The number of carbonyl (C=O) groups excluding carboxylic acids is 2. The number of nitrogens with zero attached hydrogens (tertiary/aromatic N) is 3. The lowest BCUT2D eigenvalue weighted by molar-refractivity contribution is -0.137. The largest absolute Gasteiger partial charge is 0.335 e. The molecular formula is C20H25N3O4S. The van der Waals surface area contributed by atoms with Crippen molar-refractivity contribution in [2.75, 3.05) is 24.6 Å². The van der Waals surface area contributed by atoms with Gasteiger partial charge in [0.15, 0.2) is 9.84 Å². The van der Waals surface area contributed by atoms with Gasteiger partial charge in [0, 0.05) is 31.8 Å². The minimum atomic E-state index is -3.09. The van der Waals surface area contributed by atoms with Crippen LogP contribution in [0.15, 0.2) is 48.1 Å². The lowest BCUT2D eigenvalue weighted by atomic mass is 10.1. The first-order chi connectivity index (χ1) is 13.4. The summed E-state index contributed by atoms with van der Waals surface area (Å²) in [7, 11) is -3.09. The van der Waals surface area contributed by atoms with Crippen molar-refractivity contribution in [1.82, 2.24) is 9.91 Å². The molecule has 8 heteroatoms. The summed E-state index contributed by atoms with van der Waals surface area (Å²) in [6, 6.07) is 9.37. The zero-order chi connectivity index (χ0) is 20.1. The number of sulfone groups is 1. The van der Waals surface area contributed by atoms with Gasteiger partial charge in [-0.05, 0) is 12.0 Å². The number of carbonyl (C=O) groups is 2. The second-order valence-electron chi connectivity index (χ2n) is 7.07. The Morgan fingerprint density at radius 2 is 2.00 bits per heavy atom. The predicted octanol–water partition coefficient (Wildman–Crippen LogP) is 1.60. The van der Waals surface area contributed by atoms with Crippen molar-refractivity contribution < 1.29 is 18.0 Å². The van der Waals surface area contributed by atoms with Crippen molar-refractivity contribution in [3.05, 3.63) is 48.6 Å². The highest BCUT2D eigenvalue weighted by molar-refractivity contribution is 7.91. The Hall–Kier alpha value is -2.48. The van der Waals surface area contributed by atoms with Gasteiger partial charge in [0.2, 0.25) is 11.8 Å². The molecule has 1 fully saturated rings. The van der Waals surface area contributed by atoms with E-state index in [0.29, 0.717) is 19.4 Å². The van der Waals surface area contributed by atoms with Crippen LogP contribution < -0.4 is 0 Å². The quantitative estimate of drug-likeness (QED) is 0.647. The highest BCUT2D eigenvalue weighted by atomic mass is 32.2. The fourth-order valence-electron chi connectivity index (χ4n) is 3.57. The van der Waals surface area contributed by atoms with E-state index in [9.17, 15) is 18.0 Å². The topological polar surface area (TPSA) is 87.1 Å². The number of hydrogen-bond acceptors (Lipinski definition) is 5. The maximum atomic E-state index is 12.6. The molecule has 0 aliphatic carbocycles. The van der Waals surface area contributed by atoms with Gasteiger partial charge < -0.3 is 4.90 Å². The van der Waals surface area contributed by atoms with Crippen LogP contribution in [-0.4, -0.2) is 66.5 Å².